The van der Waals surface area contributed by atoms with Crippen LogP contribution in [0.2, 0.25) is 5.02 Å². The molecule has 3 heterocycles. The number of nitrogens with zero attached hydrogens (tertiary/aromatic N) is 5. The molecular formula is C24H21ClFN7O2. The summed E-state index contributed by atoms with van der Waals surface area (Å²) < 4.78 is 24.5. The molecule has 1 aliphatic heterocycles. The maximum absolute atomic E-state index is 13.3. The van der Waals surface area contributed by atoms with Crippen molar-refractivity contribution < 1.29 is 13.5 Å². The number of anilines is 4. The quantitative estimate of drug-likeness (QED) is 0.275. The van der Waals surface area contributed by atoms with Gasteiger partial charge in [-0.3, -0.25) is 0 Å². The molecular weight excluding hydrogens is 473 g/mol. The summed E-state index contributed by atoms with van der Waals surface area (Å²) in [7, 11) is 0. The highest BCUT2D eigenvalue weighted by atomic mass is 35.5. The van der Waals surface area contributed by atoms with E-state index in [1.807, 2.05) is 29.2 Å². The maximum Gasteiger partial charge on any atom is 0.250 e. The minimum atomic E-state index is -0.326. The number of hydrazone groups is 1. The minimum Gasteiger partial charge on any atom is -0.455 e. The third kappa shape index (κ3) is 5.92. The average Bonchev–Trinajstić information content (AvgIpc) is 3.35. The number of aromatic nitrogens is 3. The van der Waals surface area contributed by atoms with Crippen LogP contribution >= 0.6 is 11.6 Å². The van der Waals surface area contributed by atoms with E-state index in [9.17, 15) is 4.39 Å². The summed E-state index contributed by atoms with van der Waals surface area (Å²) >= 11 is 6.06. The highest BCUT2D eigenvalue weighted by Crippen LogP contribution is 2.24. The van der Waals surface area contributed by atoms with Crippen molar-refractivity contribution in [2.75, 3.05) is 41.9 Å². The summed E-state index contributed by atoms with van der Waals surface area (Å²) in [5.41, 5.74) is 4.35. The molecule has 35 heavy (non-hydrogen) atoms. The maximum atomic E-state index is 13.3. The number of benzene rings is 2. The van der Waals surface area contributed by atoms with Crippen molar-refractivity contribution in [2.45, 2.75) is 0 Å². The van der Waals surface area contributed by atoms with E-state index in [4.69, 9.17) is 20.8 Å². The number of rotatable bonds is 7. The third-order valence-electron chi connectivity index (χ3n) is 5.11. The number of ether oxygens (including phenoxy) is 1. The number of nitrogens with one attached hydrogen (secondary N) is 2. The summed E-state index contributed by atoms with van der Waals surface area (Å²) in [5.74, 6) is 1.91. The van der Waals surface area contributed by atoms with E-state index in [0.29, 0.717) is 60.4 Å². The Labute approximate surface area is 205 Å². The van der Waals surface area contributed by atoms with Crippen molar-refractivity contribution >= 4 is 41.3 Å². The van der Waals surface area contributed by atoms with Gasteiger partial charge in [0.15, 0.2) is 0 Å². The number of halogens is 2. The Morgan fingerprint density at radius 3 is 2.57 bits per heavy atom. The number of hydrogen-bond acceptors (Lipinski definition) is 9. The van der Waals surface area contributed by atoms with E-state index in [0.717, 1.165) is 5.56 Å². The van der Waals surface area contributed by atoms with Gasteiger partial charge in [-0.2, -0.15) is 20.1 Å². The zero-order chi connectivity index (χ0) is 24.0. The Hall–Kier alpha value is -4.02. The van der Waals surface area contributed by atoms with E-state index >= 15 is 0 Å². The molecule has 0 bridgehead atoms. The van der Waals surface area contributed by atoms with E-state index < -0.39 is 0 Å². The SMILES string of the molecule is Fc1ccc(Nc2nc(N/N=C/c3ccc(-c4cccc(Cl)c4)o3)nc(N3CCOCC3)n2)cc1. The Kier molecular flexibility index (Phi) is 6.82. The molecule has 2 aromatic carbocycles. The summed E-state index contributed by atoms with van der Waals surface area (Å²) in [6, 6.07) is 17.0. The predicted molar refractivity (Wildman–Crippen MR) is 133 cm³/mol. The molecule has 9 nitrogen and oxygen atoms in total. The van der Waals surface area contributed by atoms with Crippen LogP contribution in [0.1, 0.15) is 5.76 Å². The first-order valence-electron chi connectivity index (χ1n) is 10.9. The largest absolute Gasteiger partial charge is 0.455 e. The van der Waals surface area contributed by atoms with Gasteiger partial charge in [-0.05, 0) is 48.5 Å². The van der Waals surface area contributed by atoms with Crippen molar-refractivity contribution in [1.29, 1.82) is 0 Å². The molecule has 0 spiro atoms. The summed E-state index contributed by atoms with van der Waals surface area (Å²) in [5, 5.41) is 7.92. The Morgan fingerprint density at radius 2 is 1.77 bits per heavy atom. The third-order valence-corrected chi connectivity index (χ3v) is 5.35. The minimum absolute atomic E-state index is 0.240. The number of hydrogen-bond donors (Lipinski definition) is 2. The first-order valence-corrected chi connectivity index (χ1v) is 11.3. The molecule has 0 aliphatic carbocycles. The van der Waals surface area contributed by atoms with Gasteiger partial charge in [-0.15, -0.1) is 0 Å². The molecule has 0 radical (unpaired) electrons. The van der Waals surface area contributed by atoms with Gasteiger partial charge in [0.05, 0.1) is 19.4 Å². The highest BCUT2D eigenvalue weighted by Gasteiger charge is 2.17. The topological polar surface area (TPSA) is 101 Å². The number of furan rings is 1. The van der Waals surface area contributed by atoms with Gasteiger partial charge in [0.1, 0.15) is 17.3 Å². The van der Waals surface area contributed by atoms with Crippen molar-refractivity contribution in [2.24, 2.45) is 5.10 Å². The standard InChI is InChI=1S/C24H21ClFN7O2/c25-17-3-1-2-16(14-17)21-9-8-20(35-21)15-27-32-23-29-22(28-19-6-4-18(26)5-7-19)30-24(31-23)33-10-12-34-13-11-33/h1-9,14-15H,10-13H2,(H2,28,29,30,31,32)/b27-15+. The molecule has 0 unspecified atom stereocenters. The Bertz CT molecular complexity index is 1320. The summed E-state index contributed by atoms with van der Waals surface area (Å²) in [6.07, 6.45) is 1.53. The fraction of sp³-hybridized carbons (Fsp3) is 0.167. The first kappa shape index (κ1) is 22.8. The van der Waals surface area contributed by atoms with Crippen LogP contribution in [0.15, 0.2) is 70.2 Å². The van der Waals surface area contributed by atoms with E-state index in [2.05, 4.69) is 30.8 Å². The molecule has 5 rings (SSSR count). The Balaban J connectivity index is 1.34. The molecule has 1 fully saturated rings. The van der Waals surface area contributed by atoms with Gasteiger partial charge < -0.3 is 19.4 Å². The average molecular weight is 494 g/mol. The molecule has 0 saturated carbocycles. The lowest BCUT2D eigenvalue weighted by atomic mass is 10.2. The van der Waals surface area contributed by atoms with Crippen LogP contribution in [-0.2, 0) is 4.74 Å². The molecule has 1 aliphatic rings. The van der Waals surface area contributed by atoms with Crippen LogP contribution in [0.25, 0.3) is 11.3 Å². The lowest BCUT2D eigenvalue weighted by Crippen LogP contribution is -2.37. The second-order valence-corrected chi connectivity index (χ2v) is 8.03. The van der Waals surface area contributed by atoms with E-state index in [1.54, 1.807) is 24.3 Å². The van der Waals surface area contributed by atoms with Gasteiger partial charge in [-0.25, -0.2) is 9.82 Å². The molecule has 2 aromatic heterocycles. The van der Waals surface area contributed by atoms with Crippen molar-refractivity contribution in [3.05, 3.63) is 77.3 Å². The van der Waals surface area contributed by atoms with Crippen LogP contribution < -0.4 is 15.6 Å². The second kappa shape index (κ2) is 10.5. The summed E-state index contributed by atoms with van der Waals surface area (Å²) in [4.78, 5) is 15.4. The molecule has 0 amide bonds. The number of morpholine rings is 1. The van der Waals surface area contributed by atoms with Gasteiger partial charge in [0, 0.05) is 29.4 Å². The van der Waals surface area contributed by atoms with Gasteiger partial charge in [-0.1, -0.05) is 23.7 Å². The fourth-order valence-corrected chi connectivity index (χ4v) is 3.60. The first-order chi connectivity index (χ1) is 17.1. The monoisotopic (exact) mass is 493 g/mol. The Morgan fingerprint density at radius 1 is 0.971 bits per heavy atom. The van der Waals surface area contributed by atoms with Gasteiger partial charge in [0.2, 0.25) is 17.8 Å². The van der Waals surface area contributed by atoms with Crippen molar-refractivity contribution in [3.63, 3.8) is 0 Å². The zero-order valence-corrected chi connectivity index (χ0v) is 19.2. The van der Waals surface area contributed by atoms with Crippen molar-refractivity contribution in [3.8, 4) is 11.3 Å². The van der Waals surface area contributed by atoms with Crippen LogP contribution in [0.3, 0.4) is 0 Å². The molecule has 2 N–H and O–H groups in total. The van der Waals surface area contributed by atoms with Crippen LogP contribution in [0.5, 0.6) is 0 Å². The summed E-state index contributed by atoms with van der Waals surface area (Å²) in [6.45, 7) is 2.48. The lowest BCUT2D eigenvalue weighted by molar-refractivity contribution is 0.122. The van der Waals surface area contributed by atoms with Crippen LogP contribution in [0.4, 0.5) is 27.9 Å². The lowest BCUT2D eigenvalue weighted by Gasteiger charge is -2.27. The fourth-order valence-electron chi connectivity index (χ4n) is 3.41. The molecule has 178 valence electrons. The normalized spacial score (nSPS) is 13.8. The van der Waals surface area contributed by atoms with Gasteiger partial charge in [0.25, 0.3) is 0 Å². The smallest absolute Gasteiger partial charge is 0.250 e. The second-order valence-electron chi connectivity index (χ2n) is 7.60. The highest BCUT2D eigenvalue weighted by molar-refractivity contribution is 6.30. The van der Waals surface area contributed by atoms with Gasteiger partial charge >= 0.3 is 0 Å². The zero-order valence-electron chi connectivity index (χ0n) is 18.5. The van der Waals surface area contributed by atoms with Crippen LogP contribution in [-0.4, -0.2) is 47.5 Å². The predicted octanol–water partition coefficient (Wildman–Crippen LogP) is 4.95. The molecule has 11 heteroatoms. The molecule has 4 aromatic rings. The van der Waals surface area contributed by atoms with E-state index in [1.165, 1.54) is 18.3 Å². The molecule has 1 saturated heterocycles. The van der Waals surface area contributed by atoms with Crippen molar-refractivity contribution in [1.82, 2.24) is 15.0 Å². The van der Waals surface area contributed by atoms with Crippen LogP contribution in [0, 0.1) is 5.82 Å². The van der Waals surface area contributed by atoms with E-state index in [-0.39, 0.29) is 11.8 Å². The molecule has 0 atom stereocenters.